The van der Waals surface area contributed by atoms with E-state index in [1.165, 1.54) is 6.26 Å². The average molecular weight is 298 g/mol. The lowest BCUT2D eigenvalue weighted by Gasteiger charge is -2.27. The van der Waals surface area contributed by atoms with Crippen LogP contribution in [0.25, 0.3) is 0 Å². The smallest absolute Gasteiger partial charge is 0.209 e. The molecule has 2 atom stereocenters. The Balaban J connectivity index is 2.19. The van der Waals surface area contributed by atoms with E-state index in [1.807, 2.05) is 26.5 Å². The van der Waals surface area contributed by atoms with Crippen LogP contribution in [-0.4, -0.2) is 34.8 Å². The number of anilines is 1. The monoisotopic (exact) mass is 298 g/mol. The van der Waals surface area contributed by atoms with Crippen LogP contribution in [0.4, 0.5) is 5.69 Å². The quantitative estimate of drug-likeness (QED) is 0.846. The molecule has 1 unspecified atom stereocenters. The van der Waals surface area contributed by atoms with E-state index in [2.05, 4.69) is 26.3 Å². The molecule has 0 radical (unpaired) electrons. The van der Waals surface area contributed by atoms with Crippen LogP contribution in [0.1, 0.15) is 31.7 Å². The fraction of sp³-hybridized carbons (Fsp3) is 0.643. The predicted octanol–water partition coefficient (Wildman–Crippen LogP) is 1.07. The van der Waals surface area contributed by atoms with Gasteiger partial charge in [0.15, 0.2) is 18.4 Å². The van der Waals surface area contributed by atoms with Gasteiger partial charge in [-0.3, -0.25) is 0 Å². The highest BCUT2D eigenvalue weighted by atomic mass is 32.2. The molecule has 1 aliphatic carbocycles. The first-order valence-electron chi connectivity index (χ1n) is 7.02. The molecule has 1 aliphatic rings. The highest BCUT2D eigenvalue weighted by Gasteiger charge is 2.33. The molecule has 0 aromatic carbocycles. The van der Waals surface area contributed by atoms with Crippen LogP contribution >= 0.6 is 0 Å². The number of pyridine rings is 1. The summed E-state index contributed by atoms with van der Waals surface area (Å²) in [7, 11) is 0.859. The largest absolute Gasteiger partial charge is 0.377 e. The maximum atomic E-state index is 11.5. The number of rotatable bonds is 4. The fourth-order valence-electron chi connectivity index (χ4n) is 2.83. The summed E-state index contributed by atoms with van der Waals surface area (Å²) in [5.74, 6) is 0. The van der Waals surface area contributed by atoms with Gasteiger partial charge < -0.3 is 4.90 Å². The van der Waals surface area contributed by atoms with Crippen LogP contribution in [0.3, 0.4) is 0 Å². The first-order valence-corrected chi connectivity index (χ1v) is 8.91. The Morgan fingerprint density at radius 3 is 2.35 bits per heavy atom. The van der Waals surface area contributed by atoms with Crippen molar-refractivity contribution in [1.29, 1.82) is 0 Å². The van der Waals surface area contributed by atoms with Crippen LogP contribution in [0.2, 0.25) is 0 Å². The second kappa shape index (κ2) is 6.10. The molecule has 1 aromatic rings. The third kappa shape index (κ3) is 3.93. The zero-order chi connectivity index (χ0) is 14.8. The lowest BCUT2D eigenvalue weighted by atomic mass is 9.91. The zero-order valence-electron chi connectivity index (χ0n) is 12.4. The van der Waals surface area contributed by atoms with Crippen molar-refractivity contribution in [2.45, 2.75) is 37.8 Å². The third-order valence-corrected chi connectivity index (χ3v) is 4.56. The fourth-order valence-corrected chi connectivity index (χ4v) is 3.65. The summed E-state index contributed by atoms with van der Waals surface area (Å²) in [6.45, 7) is 0. The van der Waals surface area contributed by atoms with Gasteiger partial charge >= 0.3 is 0 Å². The van der Waals surface area contributed by atoms with Crippen molar-refractivity contribution in [2.75, 3.05) is 25.3 Å². The summed E-state index contributed by atoms with van der Waals surface area (Å²) in [5, 5.41) is 0. The molecule has 2 rings (SSSR count). The van der Waals surface area contributed by atoms with E-state index in [-0.39, 0.29) is 12.1 Å². The molecule has 112 valence electrons. The maximum Gasteiger partial charge on any atom is 0.209 e. The van der Waals surface area contributed by atoms with Gasteiger partial charge in [0.25, 0.3) is 0 Å². The molecule has 20 heavy (non-hydrogen) atoms. The van der Waals surface area contributed by atoms with Gasteiger partial charge in [-0.15, -0.1) is 0 Å². The first kappa shape index (κ1) is 15.3. The topological polar surface area (TPSA) is 53.3 Å². The molecule has 5 nitrogen and oxygen atoms in total. The molecule has 1 saturated carbocycles. The van der Waals surface area contributed by atoms with Crippen molar-refractivity contribution in [3.8, 4) is 0 Å². The van der Waals surface area contributed by atoms with Crippen LogP contribution in [0.15, 0.2) is 24.5 Å². The Bertz CT molecular complexity index is 540. The maximum absolute atomic E-state index is 11.5. The highest BCUT2D eigenvalue weighted by Crippen LogP contribution is 2.25. The van der Waals surface area contributed by atoms with Crippen molar-refractivity contribution >= 4 is 15.7 Å². The Morgan fingerprint density at radius 1 is 1.20 bits per heavy atom. The van der Waals surface area contributed by atoms with Crippen molar-refractivity contribution in [1.82, 2.24) is 4.72 Å². The standard InChI is InChI=1S/C14H24N3O2S/c1-16(2)12-8-10-17(11-9-12)14-7-5-4-6-13(14)15-20(3,18)19/h8-11,13-15H,4-7H2,1-3H3/q+1/t13-,14?/m1/s1. The summed E-state index contributed by atoms with van der Waals surface area (Å²) in [6.07, 6.45) is 9.47. The number of aromatic nitrogens is 1. The van der Waals surface area contributed by atoms with Crippen LogP contribution < -0.4 is 14.2 Å². The molecule has 0 bridgehead atoms. The van der Waals surface area contributed by atoms with Crippen molar-refractivity contribution in [2.24, 2.45) is 0 Å². The summed E-state index contributed by atoms with van der Waals surface area (Å²) in [5.41, 5.74) is 1.14. The zero-order valence-corrected chi connectivity index (χ0v) is 13.2. The third-order valence-electron chi connectivity index (χ3n) is 3.83. The van der Waals surface area contributed by atoms with E-state index >= 15 is 0 Å². The molecular weight excluding hydrogens is 274 g/mol. The average Bonchev–Trinajstić information content (AvgIpc) is 2.37. The lowest BCUT2D eigenvalue weighted by Crippen LogP contribution is -2.53. The summed E-state index contributed by atoms with van der Waals surface area (Å²) >= 11 is 0. The van der Waals surface area contributed by atoms with Crippen molar-refractivity contribution in [3.63, 3.8) is 0 Å². The van der Waals surface area contributed by atoms with Gasteiger partial charge in [-0.25, -0.2) is 17.7 Å². The molecule has 1 fully saturated rings. The van der Waals surface area contributed by atoms with E-state index in [4.69, 9.17) is 0 Å². The van der Waals surface area contributed by atoms with E-state index in [9.17, 15) is 8.42 Å². The van der Waals surface area contributed by atoms with Gasteiger partial charge in [0.1, 0.15) is 0 Å². The Hall–Kier alpha value is -1.14. The second-order valence-corrected chi connectivity index (χ2v) is 7.53. The van der Waals surface area contributed by atoms with Crippen molar-refractivity contribution < 1.29 is 13.0 Å². The SMILES string of the molecule is CN(C)c1cc[n+](C2CCCC[C@H]2NS(C)(=O)=O)cc1. The van der Waals surface area contributed by atoms with Crippen LogP contribution in [0, 0.1) is 0 Å². The minimum Gasteiger partial charge on any atom is -0.377 e. The Kier molecular flexibility index (Phi) is 4.65. The van der Waals surface area contributed by atoms with Gasteiger partial charge in [-0.05, 0) is 12.8 Å². The molecule has 1 N–H and O–H groups in total. The molecule has 0 aliphatic heterocycles. The number of sulfonamides is 1. The molecule has 0 spiro atoms. The molecular formula is C14H24N3O2S+. The van der Waals surface area contributed by atoms with Gasteiger partial charge in [-0.2, -0.15) is 0 Å². The number of nitrogens with zero attached hydrogens (tertiary/aromatic N) is 2. The molecule has 1 aromatic heterocycles. The van der Waals surface area contributed by atoms with Crippen LogP contribution in [-0.2, 0) is 10.0 Å². The normalized spacial score (nSPS) is 23.6. The number of hydrogen-bond acceptors (Lipinski definition) is 3. The number of hydrogen-bond donors (Lipinski definition) is 1. The summed E-state index contributed by atoms with van der Waals surface area (Å²) in [6, 6.07) is 4.32. The minimum atomic E-state index is -3.16. The van der Waals surface area contributed by atoms with Crippen molar-refractivity contribution in [3.05, 3.63) is 24.5 Å². The molecule has 1 heterocycles. The second-order valence-electron chi connectivity index (χ2n) is 5.75. The Morgan fingerprint density at radius 2 is 1.80 bits per heavy atom. The van der Waals surface area contributed by atoms with Gasteiger partial charge in [0.05, 0.1) is 12.3 Å². The highest BCUT2D eigenvalue weighted by molar-refractivity contribution is 7.88. The van der Waals surface area contributed by atoms with Gasteiger partial charge in [0.2, 0.25) is 10.0 Å². The Labute approximate surface area is 121 Å². The van der Waals surface area contributed by atoms with E-state index < -0.39 is 10.0 Å². The summed E-state index contributed by atoms with van der Waals surface area (Å²) < 4.78 is 27.9. The van der Waals surface area contributed by atoms with E-state index in [0.29, 0.717) is 0 Å². The first-order chi connectivity index (χ1) is 9.37. The van der Waals surface area contributed by atoms with Gasteiger partial charge in [0, 0.05) is 38.3 Å². The molecule has 0 amide bonds. The lowest BCUT2D eigenvalue weighted by molar-refractivity contribution is -0.727. The minimum absolute atomic E-state index is 0.00560. The predicted molar refractivity (Wildman–Crippen MR) is 80.2 cm³/mol. The van der Waals surface area contributed by atoms with E-state index in [0.717, 1.165) is 31.4 Å². The number of nitrogens with one attached hydrogen (secondary N) is 1. The summed E-state index contributed by atoms with van der Waals surface area (Å²) in [4.78, 5) is 2.05. The van der Waals surface area contributed by atoms with Gasteiger partial charge in [-0.1, -0.05) is 6.42 Å². The molecule has 0 saturated heterocycles. The van der Waals surface area contributed by atoms with E-state index in [1.54, 1.807) is 0 Å². The molecule has 6 heteroatoms. The van der Waals surface area contributed by atoms with Crippen LogP contribution in [0.5, 0.6) is 0 Å².